The Morgan fingerprint density at radius 1 is 0.963 bits per heavy atom. The molecule has 7 heteroatoms. The number of benzene rings is 1. The molecule has 27 heavy (non-hydrogen) atoms. The summed E-state index contributed by atoms with van der Waals surface area (Å²) in [4.78, 5) is 19.4. The molecular formula is C20H18ClN5S. The molecule has 4 aromatic rings. The molecule has 0 spiro atoms. The van der Waals surface area contributed by atoms with E-state index in [4.69, 9.17) is 11.6 Å². The summed E-state index contributed by atoms with van der Waals surface area (Å²) in [5.74, 6) is 1.06. The van der Waals surface area contributed by atoms with Gasteiger partial charge < -0.3 is 4.90 Å². The van der Waals surface area contributed by atoms with E-state index in [9.17, 15) is 0 Å². The highest BCUT2D eigenvalue weighted by atomic mass is 35.5. The van der Waals surface area contributed by atoms with Crippen molar-refractivity contribution in [3.8, 4) is 0 Å². The van der Waals surface area contributed by atoms with Crippen LogP contribution in [-0.4, -0.2) is 46.0 Å². The van der Waals surface area contributed by atoms with Crippen molar-refractivity contribution >= 4 is 49.9 Å². The molecule has 1 fully saturated rings. The fourth-order valence-corrected chi connectivity index (χ4v) is 4.65. The quantitative estimate of drug-likeness (QED) is 0.519. The maximum atomic E-state index is 6.33. The van der Waals surface area contributed by atoms with Crippen molar-refractivity contribution < 1.29 is 0 Å². The lowest BCUT2D eigenvalue weighted by molar-refractivity contribution is 0.250. The van der Waals surface area contributed by atoms with Gasteiger partial charge in [-0.15, -0.1) is 11.3 Å². The standard InChI is InChI=1S/C20H18ClN5S/c21-17-4-3-14(18-15(17)2-1-6-22-18)12-25-7-9-26(10-8-25)19-16-5-11-27-20(16)24-13-23-19/h1-6,11,13H,7-10,12H2. The molecule has 1 aliphatic rings. The van der Waals surface area contributed by atoms with Gasteiger partial charge in [0.1, 0.15) is 17.0 Å². The Hall–Kier alpha value is -2.28. The van der Waals surface area contributed by atoms with Crippen LogP contribution in [0.1, 0.15) is 5.56 Å². The van der Waals surface area contributed by atoms with E-state index in [0.29, 0.717) is 0 Å². The van der Waals surface area contributed by atoms with E-state index in [-0.39, 0.29) is 0 Å². The minimum atomic E-state index is 0.759. The molecule has 5 rings (SSSR count). The molecule has 0 atom stereocenters. The Morgan fingerprint density at radius 3 is 2.74 bits per heavy atom. The Morgan fingerprint density at radius 2 is 1.85 bits per heavy atom. The topological polar surface area (TPSA) is 45.2 Å². The Kier molecular flexibility index (Phi) is 4.39. The fourth-order valence-electron chi connectivity index (χ4n) is 3.71. The smallest absolute Gasteiger partial charge is 0.140 e. The van der Waals surface area contributed by atoms with Crippen molar-refractivity contribution in [2.75, 3.05) is 31.1 Å². The van der Waals surface area contributed by atoms with Crippen molar-refractivity contribution in [2.24, 2.45) is 0 Å². The first-order valence-electron chi connectivity index (χ1n) is 8.97. The second-order valence-electron chi connectivity index (χ2n) is 6.71. The summed E-state index contributed by atoms with van der Waals surface area (Å²) in [6.45, 7) is 4.79. The molecule has 1 aliphatic heterocycles. The van der Waals surface area contributed by atoms with Crippen LogP contribution in [0.25, 0.3) is 21.1 Å². The van der Waals surface area contributed by atoms with Crippen molar-refractivity contribution in [1.29, 1.82) is 0 Å². The zero-order valence-electron chi connectivity index (χ0n) is 14.7. The van der Waals surface area contributed by atoms with Gasteiger partial charge in [-0.1, -0.05) is 17.7 Å². The highest BCUT2D eigenvalue weighted by Gasteiger charge is 2.21. The summed E-state index contributed by atoms with van der Waals surface area (Å²) in [5, 5.41) is 5.02. The van der Waals surface area contributed by atoms with Crippen LogP contribution in [-0.2, 0) is 6.54 Å². The van der Waals surface area contributed by atoms with E-state index in [1.54, 1.807) is 17.7 Å². The molecule has 5 nitrogen and oxygen atoms in total. The Balaban J connectivity index is 1.33. The van der Waals surface area contributed by atoms with Crippen LogP contribution >= 0.6 is 22.9 Å². The lowest BCUT2D eigenvalue weighted by Crippen LogP contribution is -2.46. The van der Waals surface area contributed by atoms with Crippen LogP contribution in [0.2, 0.25) is 5.02 Å². The summed E-state index contributed by atoms with van der Waals surface area (Å²) in [6.07, 6.45) is 3.51. The first-order valence-corrected chi connectivity index (χ1v) is 10.2. The normalized spacial score (nSPS) is 15.7. The van der Waals surface area contributed by atoms with Crippen LogP contribution in [0.5, 0.6) is 0 Å². The Bertz CT molecular complexity index is 1100. The molecular weight excluding hydrogens is 378 g/mol. The van der Waals surface area contributed by atoms with Crippen LogP contribution in [0.3, 0.4) is 0 Å². The van der Waals surface area contributed by atoms with Crippen LogP contribution in [0.4, 0.5) is 5.82 Å². The van der Waals surface area contributed by atoms with Crippen molar-refractivity contribution in [2.45, 2.75) is 6.54 Å². The van der Waals surface area contributed by atoms with Crippen LogP contribution in [0, 0.1) is 0 Å². The molecule has 0 unspecified atom stereocenters. The molecule has 0 N–H and O–H groups in total. The van der Waals surface area contributed by atoms with Gasteiger partial charge in [0, 0.05) is 49.3 Å². The summed E-state index contributed by atoms with van der Waals surface area (Å²) in [6, 6.07) is 10.2. The molecule has 136 valence electrons. The molecule has 1 aromatic carbocycles. The number of anilines is 1. The second-order valence-corrected chi connectivity index (χ2v) is 8.01. The van der Waals surface area contributed by atoms with Crippen LogP contribution in [0.15, 0.2) is 48.2 Å². The summed E-state index contributed by atoms with van der Waals surface area (Å²) in [7, 11) is 0. The maximum Gasteiger partial charge on any atom is 0.140 e. The number of hydrogen-bond donors (Lipinski definition) is 0. The minimum Gasteiger partial charge on any atom is -0.353 e. The van der Waals surface area contributed by atoms with Gasteiger partial charge in [-0.3, -0.25) is 9.88 Å². The third kappa shape index (κ3) is 3.14. The highest BCUT2D eigenvalue weighted by Crippen LogP contribution is 2.28. The zero-order valence-corrected chi connectivity index (χ0v) is 16.2. The predicted molar refractivity (Wildman–Crippen MR) is 112 cm³/mol. The molecule has 0 saturated carbocycles. The minimum absolute atomic E-state index is 0.759. The zero-order chi connectivity index (χ0) is 18.2. The van der Waals surface area contributed by atoms with Gasteiger partial charge in [0.05, 0.1) is 10.9 Å². The fraction of sp³-hybridized carbons (Fsp3) is 0.250. The number of halogens is 1. The lowest BCUT2D eigenvalue weighted by Gasteiger charge is -2.35. The predicted octanol–water partition coefficient (Wildman–Crippen LogP) is 4.22. The van der Waals surface area contributed by atoms with E-state index >= 15 is 0 Å². The largest absolute Gasteiger partial charge is 0.353 e. The molecule has 0 radical (unpaired) electrons. The summed E-state index contributed by atoms with van der Waals surface area (Å²) < 4.78 is 0. The van der Waals surface area contributed by atoms with Gasteiger partial charge >= 0.3 is 0 Å². The van der Waals surface area contributed by atoms with Crippen molar-refractivity contribution in [3.05, 3.63) is 58.8 Å². The molecule has 0 bridgehead atoms. The average Bonchev–Trinajstić information content (AvgIpc) is 3.20. The van der Waals surface area contributed by atoms with Gasteiger partial charge in [0.2, 0.25) is 0 Å². The number of hydrogen-bond acceptors (Lipinski definition) is 6. The first-order chi connectivity index (χ1) is 13.3. The van der Waals surface area contributed by atoms with E-state index in [1.807, 2.05) is 24.4 Å². The molecule has 3 aromatic heterocycles. The second kappa shape index (κ2) is 7.03. The molecule has 0 amide bonds. The SMILES string of the molecule is Clc1ccc(CN2CCN(c3ncnc4sccc34)CC2)c2ncccc12. The number of nitrogens with zero attached hydrogens (tertiary/aromatic N) is 5. The maximum absolute atomic E-state index is 6.33. The van der Waals surface area contributed by atoms with E-state index < -0.39 is 0 Å². The summed E-state index contributed by atoms with van der Waals surface area (Å²) in [5.41, 5.74) is 2.23. The molecule has 1 saturated heterocycles. The lowest BCUT2D eigenvalue weighted by atomic mass is 10.1. The van der Waals surface area contributed by atoms with E-state index in [0.717, 1.165) is 64.7 Å². The van der Waals surface area contributed by atoms with Gasteiger partial charge in [-0.05, 0) is 35.2 Å². The van der Waals surface area contributed by atoms with Gasteiger partial charge in [-0.2, -0.15) is 0 Å². The van der Waals surface area contributed by atoms with Crippen LogP contribution < -0.4 is 4.90 Å². The first kappa shape index (κ1) is 16.9. The third-order valence-corrected chi connectivity index (χ3v) is 6.26. The Labute approximate surface area is 166 Å². The van der Waals surface area contributed by atoms with E-state index in [1.165, 1.54) is 5.56 Å². The highest BCUT2D eigenvalue weighted by molar-refractivity contribution is 7.16. The molecule has 4 heterocycles. The number of rotatable bonds is 3. The monoisotopic (exact) mass is 395 g/mol. The van der Waals surface area contributed by atoms with Gasteiger partial charge in [-0.25, -0.2) is 9.97 Å². The number of aromatic nitrogens is 3. The number of fused-ring (bicyclic) bond motifs is 2. The van der Waals surface area contributed by atoms with Crippen molar-refractivity contribution in [3.63, 3.8) is 0 Å². The number of pyridine rings is 1. The summed E-state index contributed by atoms with van der Waals surface area (Å²) >= 11 is 7.99. The van der Waals surface area contributed by atoms with Crippen molar-refractivity contribution in [1.82, 2.24) is 19.9 Å². The average molecular weight is 396 g/mol. The number of thiophene rings is 1. The van der Waals surface area contributed by atoms with Gasteiger partial charge in [0.15, 0.2) is 0 Å². The number of piperazine rings is 1. The van der Waals surface area contributed by atoms with Gasteiger partial charge in [0.25, 0.3) is 0 Å². The third-order valence-electron chi connectivity index (χ3n) is 5.11. The molecule has 0 aliphatic carbocycles. The van der Waals surface area contributed by atoms with E-state index in [2.05, 4.69) is 42.3 Å².